The number of carbonyl (C=O) groups excluding carboxylic acids is 2. The molecule has 7 nitrogen and oxygen atoms in total. The summed E-state index contributed by atoms with van der Waals surface area (Å²) >= 11 is 0. The van der Waals surface area contributed by atoms with E-state index in [0.29, 0.717) is 11.4 Å². The SMILES string of the molecule is Cc1ccc(NC(=O)C(C)n2nc(-c3ccc(C)cc3)cc(NC(=O)C(C)C)c2=O)cc1. The van der Waals surface area contributed by atoms with Crippen LogP contribution < -0.4 is 16.2 Å². The van der Waals surface area contributed by atoms with Crippen LogP contribution >= 0.6 is 0 Å². The first-order valence-corrected chi connectivity index (χ1v) is 10.5. The number of nitrogens with one attached hydrogen (secondary N) is 2. The maximum atomic E-state index is 13.1. The minimum atomic E-state index is -0.899. The first-order chi connectivity index (χ1) is 15.2. The Morgan fingerprint density at radius 2 is 1.41 bits per heavy atom. The minimum Gasteiger partial charge on any atom is -0.324 e. The Morgan fingerprint density at radius 3 is 1.97 bits per heavy atom. The van der Waals surface area contributed by atoms with Crippen molar-refractivity contribution in [2.45, 2.75) is 40.7 Å². The molecular weight excluding hydrogens is 404 g/mol. The lowest BCUT2D eigenvalue weighted by molar-refractivity contribution is -0.119. The van der Waals surface area contributed by atoms with Crippen molar-refractivity contribution in [1.82, 2.24) is 9.78 Å². The molecule has 7 heteroatoms. The summed E-state index contributed by atoms with van der Waals surface area (Å²) < 4.78 is 1.12. The molecule has 166 valence electrons. The normalized spacial score (nSPS) is 11.8. The van der Waals surface area contributed by atoms with Crippen LogP contribution in [0.4, 0.5) is 11.4 Å². The van der Waals surface area contributed by atoms with Gasteiger partial charge in [0, 0.05) is 17.2 Å². The number of amides is 2. The molecule has 0 spiro atoms. The highest BCUT2D eigenvalue weighted by molar-refractivity contribution is 5.94. The zero-order chi connectivity index (χ0) is 23.4. The zero-order valence-electron chi connectivity index (χ0n) is 19.0. The number of hydrogen-bond acceptors (Lipinski definition) is 4. The maximum absolute atomic E-state index is 13.1. The Balaban J connectivity index is 2.01. The molecule has 1 heterocycles. The van der Waals surface area contributed by atoms with Crippen LogP contribution in [-0.4, -0.2) is 21.6 Å². The van der Waals surface area contributed by atoms with Crippen molar-refractivity contribution in [1.29, 1.82) is 0 Å². The number of carbonyl (C=O) groups is 2. The molecule has 0 radical (unpaired) electrons. The first-order valence-electron chi connectivity index (χ1n) is 10.5. The quantitative estimate of drug-likeness (QED) is 0.607. The number of nitrogens with zero attached hydrogens (tertiary/aromatic N) is 2. The van der Waals surface area contributed by atoms with E-state index in [2.05, 4.69) is 15.7 Å². The van der Waals surface area contributed by atoms with Gasteiger partial charge < -0.3 is 10.6 Å². The van der Waals surface area contributed by atoms with Crippen LogP contribution in [0.3, 0.4) is 0 Å². The molecule has 0 aliphatic heterocycles. The van der Waals surface area contributed by atoms with E-state index in [4.69, 9.17) is 0 Å². The van der Waals surface area contributed by atoms with Crippen molar-refractivity contribution >= 4 is 23.2 Å². The number of aromatic nitrogens is 2. The van der Waals surface area contributed by atoms with Gasteiger partial charge in [-0.3, -0.25) is 14.4 Å². The summed E-state index contributed by atoms with van der Waals surface area (Å²) in [5.41, 5.74) is 3.59. The Bertz CT molecular complexity index is 1180. The molecule has 2 N–H and O–H groups in total. The van der Waals surface area contributed by atoms with Crippen LogP contribution in [0.25, 0.3) is 11.3 Å². The first kappa shape index (κ1) is 22.9. The molecule has 0 bridgehead atoms. The molecule has 0 aliphatic rings. The second kappa shape index (κ2) is 9.60. The predicted octanol–water partition coefficient (Wildman–Crippen LogP) is 4.32. The molecule has 1 aromatic heterocycles. The highest BCUT2D eigenvalue weighted by atomic mass is 16.2. The Hall–Kier alpha value is -3.74. The van der Waals surface area contributed by atoms with Gasteiger partial charge in [-0.05, 0) is 39.0 Å². The summed E-state index contributed by atoms with van der Waals surface area (Å²) in [5, 5.41) is 9.94. The van der Waals surface area contributed by atoms with Crippen LogP contribution in [0.5, 0.6) is 0 Å². The van der Waals surface area contributed by atoms with E-state index in [9.17, 15) is 14.4 Å². The molecule has 0 aliphatic carbocycles. The van der Waals surface area contributed by atoms with Crippen molar-refractivity contribution in [2.75, 3.05) is 10.6 Å². The molecular formula is C25H28N4O3. The molecule has 1 atom stereocenters. The standard InChI is InChI=1S/C25H28N4O3/c1-15(2)23(30)27-22-14-21(19-10-6-16(3)7-11-19)28-29(25(22)32)18(5)24(31)26-20-12-8-17(4)9-13-20/h6-15,18H,1-5H3,(H,26,31)(H,27,30). The van der Waals surface area contributed by atoms with Gasteiger partial charge in [-0.15, -0.1) is 0 Å². The fraction of sp³-hybridized carbons (Fsp3) is 0.280. The van der Waals surface area contributed by atoms with Crippen molar-refractivity contribution in [3.05, 3.63) is 76.1 Å². The van der Waals surface area contributed by atoms with Gasteiger partial charge in [0.25, 0.3) is 5.56 Å². The summed E-state index contributed by atoms with van der Waals surface area (Å²) in [7, 11) is 0. The minimum absolute atomic E-state index is 0.0873. The summed E-state index contributed by atoms with van der Waals surface area (Å²) in [6.45, 7) is 9.03. The molecule has 0 saturated heterocycles. The average molecular weight is 433 g/mol. The number of benzene rings is 2. The Labute approximate surface area is 187 Å². The lowest BCUT2D eigenvalue weighted by Gasteiger charge is -2.17. The molecule has 3 aromatic rings. The van der Waals surface area contributed by atoms with E-state index >= 15 is 0 Å². The van der Waals surface area contributed by atoms with E-state index in [1.807, 2.05) is 50.2 Å². The van der Waals surface area contributed by atoms with E-state index < -0.39 is 11.6 Å². The largest absolute Gasteiger partial charge is 0.324 e. The van der Waals surface area contributed by atoms with Crippen molar-refractivity contribution in [3.8, 4) is 11.3 Å². The van der Waals surface area contributed by atoms with Crippen LogP contribution in [0.1, 0.15) is 37.9 Å². The van der Waals surface area contributed by atoms with Gasteiger partial charge >= 0.3 is 0 Å². The van der Waals surface area contributed by atoms with Gasteiger partial charge in [0.15, 0.2) is 0 Å². The number of rotatable bonds is 6. The third-order valence-corrected chi connectivity index (χ3v) is 5.13. The number of aryl methyl sites for hydroxylation is 2. The van der Waals surface area contributed by atoms with Gasteiger partial charge in [-0.2, -0.15) is 5.10 Å². The van der Waals surface area contributed by atoms with Gasteiger partial charge in [-0.1, -0.05) is 61.4 Å². The van der Waals surface area contributed by atoms with Crippen molar-refractivity contribution in [3.63, 3.8) is 0 Å². The maximum Gasteiger partial charge on any atom is 0.291 e. The van der Waals surface area contributed by atoms with E-state index in [1.165, 1.54) is 0 Å². The Morgan fingerprint density at radius 1 is 0.844 bits per heavy atom. The van der Waals surface area contributed by atoms with Gasteiger partial charge in [-0.25, -0.2) is 4.68 Å². The third-order valence-electron chi connectivity index (χ3n) is 5.13. The van der Waals surface area contributed by atoms with Crippen molar-refractivity contribution < 1.29 is 9.59 Å². The highest BCUT2D eigenvalue weighted by Crippen LogP contribution is 2.21. The molecule has 3 rings (SSSR count). The van der Waals surface area contributed by atoms with Crippen LogP contribution in [-0.2, 0) is 9.59 Å². The molecule has 0 saturated carbocycles. The highest BCUT2D eigenvalue weighted by Gasteiger charge is 2.22. The molecule has 2 aromatic carbocycles. The fourth-order valence-electron chi connectivity index (χ4n) is 3.00. The summed E-state index contributed by atoms with van der Waals surface area (Å²) in [5.74, 6) is -0.974. The van der Waals surface area contributed by atoms with Gasteiger partial charge in [0.05, 0.1) is 5.69 Å². The second-order valence-corrected chi connectivity index (χ2v) is 8.23. The lowest BCUT2D eigenvalue weighted by Crippen LogP contribution is -2.36. The molecule has 32 heavy (non-hydrogen) atoms. The molecule has 2 amide bonds. The van der Waals surface area contributed by atoms with Crippen LogP contribution in [0.2, 0.25) is 0 Å². The van der Waals surface area contributed by atoms with Gasteiger partial charge in [0.2, 0.25) is 11.8 Å². The number of anilines is 2. The average Bonchev–Trinajstić information content (AvgIpc) is 2.76. The molecule has 0 fully saturated rings. The fourth-order valence-corrected chi connectivity index (χ4v) is 3.00. The van der Waals surface area contributed by atoms with Crippen molar-refractivity contribution in [2.24, 2.45) is 5.92 Å². The van der Waals surface area contributed by atoms with E-state index in [0.717, 1.165) is 21.4 Å². The smallest absolute Gasteiger partial charge is 0.291 e. The van der Waals surface area contributed by atoms with Gasteiger partial charge in [0.1, 0.15) is 11.7 Å². The number of hydrogen-bond donors (Lipinski definition) is 2. The lowest BCUT2D eigenvalue weighted by atomic mass is 10.1. The zero-order valence-corrected chi connectivity index (χ0v) is 19.0. The van der Waals surface area contributed by atoms with Crippen LogP contribution in [0.15, 0.2) is 59.4 Å². The van der Waals surface area contributed by atoms with E-state index in [1.54, 1.807) is 39.0 Å². The summed E-state index contributed by atoms with van der Waals surface area (Å²) in [6.07, 6.45) is 0. The van der Waals surface area contributed by atoms with Crippen LogP contribution in [0, 0.1) is 19.8 Å². The summed E-state index contributed by atoms with van der Waals surface area (Å²) in [4.78, 5) is 38.3. The van der Waals surface area contributed by atoms with E-state index in [-0.39, 0.29) is 23.4 Å². The third kappa shape index (κ3) is 5.29. The molecule has 1 unspecified atom stereocenters. The second-order valence-electron chi connectivity index (χ2n) is 8.23. The monoisotopic (exact) mass is 432 g/mol. The summed E-state index contributed by atoms with van der Waals surface area (Å²) in [6, 6.07) is 15.7. The predicted molar refractivity (Wildman–Crippen MR) is 127 cm³/mol. The topological polar surface area (TPSA) is 93.1 Å². The Kier molecular flexibility index (Phi) is 6.88.